The van der Waals surface area contributed by atoms with Gasteiger partial charge in [-0.3, -0.25) is 5.01 Å². The van der Waals surface area contributed by atoms with Gasteiger partial charge in [0, 0.05) is 33.9 Å². The first-order chi connectivity index (χ1) is 16.1. The van der Waals surface area contributed by atoms with E-state index in [1.807, 2.05) is 42.5 Å². The second kappa shape index (κ2) is 8.50. The Morgan fingerprint density at radius 1 is 0.939 bits per heavy atom. The number of nitrogens with zero attached hydrogens (tertiary/aromatic N) is 2. The van der Waals surface area contributed by atoms with E-state index in [2.05, 4.69) is 41.8 Å². The molecule has 5 aromatic rings. The summed E-state index contributed by atoms with van der Waals surface area (Å²) in [6.45, 7) is 3.01. The van der Waals surface area contributed by atoms with Crippen LogP contribution in [0.3, 0.4) is 0 Å². The number of hydrazine groups is 1. The summed E-state index contributed by atoms with van der Waals surface area (Å²) in [6.07, 6.45) is 0.373. The summed E-state index contributed by atoms with van der Waals surface area (Å²) in [6, 6.07) is 27.4. The Morgan fingerprint density at radius 2 is 1.67 bits per heavy atom. The lowest BCUT2D eigenvalue weighted by Crippen LogP contribution is -2.32. The zero-order valence-corrected chi connectivity index (χ0v) is 18.3. The summed E-state index contributed by atoms with van der Waals surface area (Å²) in [4.78, 5) is 0. The van der Waals surface area contributed by atoms with Crippen molar-refractivity contribution in [2.45, 2.75) is 19.6 Å². The van der Waals surface area contributed by atoms with Crippen LogP contribution in [0, 0.1) is 0 Å². The third-order valence-electron chi connectivity index (χ3n) is 6.02. The van der Waals surface area contributed by atoms with Crippen molar-refractivity contribution in [1.29, 1.82) is 0 Å². The number of furan rings is 1. The monoisotopic (exact) mass is 438 g/mol. The number of nitrogens with two attached hydrogens (primary N) is 2. The number of rotatable bonds is 6. The maximum atomic E-state index is 10.9. The van der Waals surface area contributed by atoms with Gasteiger partial charge in [0.05, 0.1) is 23.3 Å². The maximum Gasteiger partial charge on any atom is 0.153 e. The molecular weight excluding hydrogens is 412 g/mol. The van der Waals surface area contributed by atoms with Gasteiger partial charge in [-0.15, -0.1) is 0 Å². The van der Waals surface area contributed by atoms with Crippen molar-refractivity contribution in [3.8, 4) is 0 Å². The fourth-order valence-corrected chi connectivity index (χ4v) is 4.43. The number of aromatic nitrogens is 1. The van der Waals surface area contributed by atoms with Crippen molar-refractivity contribution in [2.75, 3.05) is 5.01 Å². The number of hydrogen-bond acceptors (Lipinski definition) is 5. The number of aliphatic hydroxyl groups is 1. The van der Waals surface area contributed by atoms with Crippen LogP contribution in [0.1, 0.15) is 24.4 Å². The Balaban J connectivity index is 1.68. The third kappa shape index (κ3) is 3.55. The molecule has 2 aromatic heterocycles. The number of fused-ring (bicyclic) bond motifs is 3. The summed E-state index contributed by atoms with van der Waals surface area (Å²) in [5.74, 6) is 7.04. The zero-order valence-electron chi connectivity index (χ0n) is 18.3. The van der Waals surface area contributed by atoms with Crippen molar-refractivity contribution in [1.82, 2.24) is 4.57 Å². The normalized spacial score (nSPS) is 13.3. The fourth-order valence-electron chi connectivity index (χ4n) is 4.43. The number of aliphatic hydroxyl groups excluding tert-OH is 1. The van der Waals surface area contributed by atoms with E-state index >= 15 is 0 Å². The van der Waals surface area contributed by atoms with Gasteiger partial charge in [0.2, 0.25) is 0 Å². The fraction of sp³-hybridized carbons (Fsp3) is 0.111. The van der Waals surface area contributed by atoms with Crippen LogP contribution in [0.4, 0.5) is 5.69 Å². The number of benzene rings is 3. The summed E-state index contributed by atoms with van der Waals surface area (Å²) < 4.78 is 7.67. The highest BCUT2D eigenvalue weighted by atomic mass is 16.4. The van der Waals surface area contributed by atoms with Gasteiger partial charge in [0.1, 0.15) is 5.76 Å². The van der Waals surface area contributed by atoms with Crippen molar-refractivity contribution < 1.29 is 9.52 Å². The molecule has 2 heterocycles. The van der Waals surface area contributed by atoms with Gasteiger partial charge < -0.3 is 19.8 Å². The predicted octanol–water partition coefficient (Wildman–Crippen LogP) is 5.15. The molecule has 0 fully saturated rings. The number of hydrogen-bond donors (Lipinski definition) is 3. The van der Waals surface area contributed by atoms with Gasteiger partial charge >= 0.3 is 0 Å². The lowest BCUT2D eigenvalue weighted by Gasteiger charge is -2.26. The Bertz CT molecular complexity index is 1440. The van der Waals surface area contributed by atoms with Crippen LogP contribution in [0.15, 0.2) is 101 Å². The molecule has 0 spiro atoms. The molecular formula is C27H26N4O2. The van der Waals surface area contributed by atoms with Gasteiger partial charge in [0.25, 0.3) is 0 Å². The number of para-hydroxylation sites is 1. The second-order valence-electron chi connectivity index (χ2n) is 7.92. The van der Waals surface area contributed by atoms with Crippen LogP contribution < -0.4 is 16.6 Å². The topological polar surface area (TPSA) is 93.6 Å². The molecule has 1 atom stereocenters. The van der Waals surface area contributed by atoms with E-state index in [4.69, 9.17) is 16.0 Å². The Morgan fingerprint density at radius 3 is 2.39 bits per heavy atom. The molecule has 166 valence electrons. The molecule has 6 nitrogen and oxygen atoms in total. The Kier molecular flexibility index (Phi) is 5.38. The van der Waals surface area contributed by atoms with Crippen LogP contribution >= 0.6 is 0 Å². The van der Waals surface area contributed by atoms with Crippen LogP contribution in [-0.4, -0.2) is 9.67 Å². The minimum Gasteiger partial charge on any atom is -0.466 e. The van der Waals surface area contributed by atoms with Crippen molar-refractivity contribution in [3.63, 3.8) is 0 Å². The minimum atomic E-state index is -1.13. The maximum absolute atomic E-state index is 10.9. The second-order valence-corrected chi connectivity index (χ2v) is 7.92. The summed E-state index contributed by atoms with van der Waals surface area (Å²) in [5, 5.41) is 14.7. The molecule has 0 saturated heterocycles. The smallest absolute Gasteiger partial charge is 0.153 e. The van der Waals surface area contributed by atoms with E-state index in [1.165, 1.54) is 22.2 Å². The minimum absolute atomic E-state index is 0.203. The number of aryl methyl sites for hydroxylation is 1. The molecule has 0 amide bonds. The quantitative estimate of drug-likeness (QED) is 0.252. The average Bonchev–Trinajstić information content (AvgIpc) is 3.50. The lowest BCUT2D eigenvalue weighted by atomic mass is 10.0. The van der Waals surface area contributed by atoms with E-state index in [9.17, 15) is 5.11 Å². The zero-order chi connectivity index (χ0) is 22.9. The van der Waals surface area contributed by atoms with Crippen molar-refractivity contribution in [3.05, 3.63) is 108 Å². The van der Waals surface area contributed by atoms with Gasteiger partial charge in [0.15, 0.2) is 6.10 Å². The van der Waals surface area contributed by atoms with Crippen LogP contribution in [0.2, 0.25) is 0 Å². The summed E-state index contributed by atoms with van der Waals surface area (Å²) in [5.41, 5.74) is 11.1. The summed E-state index contributed by atoms with van der Waals surface area (Å²) in [7, 11) is 0. The molecule has 3 aromatic carbocycles. The highest BCUT2D eigenvalue weighted by molar-refractivity contribution is 6.09. The van der Waals surface area contributed by atoms with E-state index in [1.54, 1.807) is 12.1 Å². The molecule has 0 saturated carbocycles. The predicted molar refractivity (Wildman–Crippen MR) is 133 cm³/mol. The lowest BCUT2D eigenvalue weighted by molar-refractivity contribution is 0.184. The molecule has 33 heavy (non-hydrogen) atoms. The first-order valence-corrected chi connectivity index (χ1v) is 10.9. The molecule has 1 unspecified atom stereocenters. The van der Waals surface area contributed by atoms with E-state index in [-0.39, 0.29) is 5.70 Å². The molecule has 0 bridgehead atoms. The van der Waals surface area contributed by atoms with E-state index < -0.39 is 6.10 Å². The molecule has 0 aliphatic rings. The van der Waals surface area contributed by atoms with Gasteiger partial charge in [-0.1, -0.05) is 48.5 Å². The largest absolute Gasteiger partial charge is 0.466 e. The van der Waals surface area contributed by atoms with Gasteiger partial charge in [-0.2, -0.15) is 0 Å². The molecule has 0 aliphatic carbocycles. The highest BCUT2D eigenvalue weighted by Gasteiger charge is 2.23. The summed E-state index contributed by atoms with van der Waals surface area (Å²) >= 11 is 0. The molecule has 5 N–H and O–H groups in total. The molecule has 6 heteroatoms. The van der Waals surface area contributed by atoms with E-state index in [0.717, 1.165) is 28.7 Å². The molecule has 0 radical (unpaired) electrons. The van der Waals surface area contributed by atoms with Crippen molar-refractivity contribution >= 4 is 33.2 Å². The standard InChI is InChI=1S/C27H26N4O2/c1-2-30-22-12-7-6-11-20(22)21-17-19(14-15-23(21)30)31(29)26(18-9-4-3-5-10-18)25(28)27(32)24-13-8-16-33-24/h3-17,27,32H,2,28-29H2,1H3/b26-25-. The van der Waals surface area contributed by atoms with Gasteiger partial charge in [-0.05, 0) is 43.3 Å². The Hall–Kier alpha value is -4.00. The van der Waals surface area contributed by atoms with Gasteiger partial charge in [-0.25, -0.2) is 5.84 Å². The highest BCUT2D eigenvalue weighted by Crippen LogP contribution is 2.35. The van der Waals surface area contributed by atoms with Crippen LogP contribution in [0.25, 0.3) is 27.5 Å². The molecule has 5 rings (SSSR count). The first-order valence-electron chi connectivity index (χ1n) is 10.9. The first kappa shape index (κ1) is 20.9. The SMILES string of the molecule is CCn1c2ccccc2c2cc(N(N)/C(=C(\N)C(O)c3ccco3)c3ccccc3)ccc21. The molecule has 0 aliphatic heterocycles. The van der Waals surface area contributed by atoms with Crippen molar-refractivity contribution in [2.24, 2.45) is 11.6 Å². The van der Waals surface area contributed by atoms with Crippen LogP contribution in [-0.2, 0) is 6.54 Å². The van der Waals surface area contributed by atoms with Crippen LogP contribution in [0.5, 0.6) is 0 Å². The third-order valence-corrected chi connectivity index (χ3v) is 6.02. The average molecular weight is 439 g/mol. The van der Waals surface area contributed by atoms with E-state index in [0.29, 0.717) is 11.5 Å². The Labute approximate surface area is 191 Å². The number of anilines is 1.